The summed E-state index contributed by atoms with van der Waals surface area (Å²) in [6.45, 7) is 0.452. The lowest BCUT2D eigenvalue weighted by Gasteiger charge is -2.28. The normalized spacial score (nSPS) is 16.7. The minimum atomic E-state index is -0.278. The molecule has 20 heavy (non-hydrogen) atoms. The fourth-order valence-electron chi connectivity index (χ4n) is 2.69. The first-order valence-corrected chi connectivity index (χ1v) is 6.95. The molecule has 1 fully saturated rings. The molecule has 2 rings (SSSR count). The Hall–Kier alpha value is -1.88. The first-order valence-electron chi connectivity index (χ1n) is 6.95. The first-order chi connectivity index (χ1) is 9.60. The van der Waals surface area contributed by atoms with Gasteiger partial charge in [0.25, 0.3) is 11.8 Å². The van der Waals surface area contributed by atoms with Crippen molar-refractivity contribution in [3.63, 3.8) is 0 Å². The van der Waals surface area contributed by atoms with E-state index in [1.807, 2.05) is 0 Å². The molecule has 0 spiro atoms. The van der Waals surface area contributed by atoms with Crippen molar-refractivity contribution in [2.45, 2.75) is 31.2 Å². The topological polar surface area (TPSA) is 84.2 Å². The number of nitrogens with one attached hydrogen (secondary N) is 2. The van der Waals surface area contributed by atoms with Gasteiger partial charge in [-0.3, -0.25) is 9.59 Å². The lowest BCUT2D eigenvalue weighted by atomic mass is 9.97. The molecule has 1 aromatic carbocycles. The van der Waals surface area contributed by atoms with Gasteiger partial charge in [-0.1, -0.05) is 18.9 Å². The average molecular weight is 275 g/mol. The zero-order valence-corrected chi connectivity index (χ0v) is 11.7. The second-order valence-corrected chi connectivity index (χ2v) is 5.31. The second kappa shape index (κ2) is 6.05. The highest BCUT2D eigenvalue weighted by atomic mass is 16.2. The number of amides is 2. The van der Waals surface area contributed by atoms with Crippen LogP contribution < -0.4 is 16.4 Å². The highest BCUT2D eigenvalue weighted by Gasteiger charge is 2.34. The summed E-state index contributed by atoms with van der Waals surface area (Å²) in [6, 6.07) is 6.71. The Labute approximate surface area is 118 Å². The molecule has 0 radical (unpaired) electrons. The van der Waals surface area contributed by atoms with Crippen LogP contribution in [0.15, 0.2) is 24.3 Å². The zero-order valence-electron chi connectivity index (χ0n) is 11.7. The number of hydrogen-bond acceptors (Lipinski definition) is 3. The summed E-state index contributed by atoms with van der Waals surface area (Å²) in [5.74, 6) is -0.364. The van der Waals surface area contributed by atoms with Crippen LogP contribution in [0.1, 0.15) is 46.4 Å². The fraction of sp³-hybridized carbons (Fsp3) is 0.467. The first kappa shape index (κ1) is 14.5. The van der Waals surface area contributed by atoms with Crippen LogP contribution >= 0.6 is 0 Å². The van der Waals surface area contributed by atoms with Crippen LogP contribution in [0.5, 0.6) is 0 Å². The summed E-state index contributed by atoms with van der Waals surface area (Å²) >= 11 is 0. The van der Waals surface area contributed by atoms with Crippen LogP contribution in [-0.2, 0) is 0 Å². The summed E-state index contributed by atoms with van der Waals surface area (Å²) in [4.78, 5) is 23.9. The molecule has 1 saturated carbocycles. The molecular weight excluding hydrogens is 254 g/mol. The van der Waals surface area contributed by atoms with Gasteiger partial charge < -0.3 is 16.4 Å². The molecule has 1 aromatic rings. The molecule has 0 aromatic heterocycles. The molecule has 0 aliphatic heterocycles. The second-order valence-electron chi connectivity index (χ2n) is 5.31. The van der Waals surface area contributed by atoms with Gasteiger partial charge in [-0.2, -0.15) is 0 Å². The van der Waals surface area contributed by atoms with Crippen molar-refractivity contribution in [3.05, 3.63) is 35.4 Å². The molecular formula is C15H21N3O2. The lowest BCUT2D eigenvalue weighted by Crippen LogP contribution is -2.51. The van der Waals surface area contributed by atoms with E-state index in [0.717, 1.165) is 25.7 Å². The number of carbonyl (C=O) groups is 2. The number of rotatable bonds is 4. The highest BCUT2D eigenvalue weighted by molar-refractivity contribution is 5.99. The number of carbonyl (C=O) groups excluding carboxylic acids is 2. The number of nitrogens with two attached hydrogens (primary N) is 1. The maximum absolute atomic E-state index is 12.3. The summed E-state index contributed by atoms with van der Waals surface area (Å²) in [5, 5.41) is 5.60. The zero-order chi connectivity index (χ0) is 14.6. The Balaban J connectivity index is 2.15. The van der Waals surface area contributed by atoms with E-state index < -0.39 is 0 Å². The van der Waals surface area contributed by atoms with Crippen LogP contribution in [0.4, 0.5) is 0 Å². The third kappa shape index (κ3) is 2.99. The molecule has 4 N–H and O–H groups in total. The van der Waals surface area contributed by atoms with Crippen LogP contribution in [0.2, 0.25) is 0 Å². The molecule has 0 atom stereocenters. The predicted molar refractivity (Wildman–Crippen MR) is 77.6 cm³/mol. The molecule has 1 aliphatic rings. The van der Waals surface area contributed by atoms with E-state index in [-0.39, 0.29) is 17.4 Å². The quantitative estimate of drug-likeness (QED) is 0.768. The summed E-state index contributed by atoms with van der Waals surface area (Å²) in [5.41, 5.74) is 6.51. The molecule has 108 valence electrons. The molecule has 0 unspecified atom stereocenters. The smallest absolute Gasteiger partial charge is 0.251 e. The van der Waals surface area contributed by atoms with Crippen LogP contribution in [0.25, 0.3) is 0 Å². The summed E-state index contributed by atoms with van der Waals surface area (Å²) < 4.78 is 0. The van der Waals surface area contributed by atoms with Crippen LogP contribution in [0.3, 0.4) is 0 Å². The molecule has 2 amide bonds. The minimum Gasteiger partial charge on any atom is -0.355 e. The van der Waals surface area contributed by atoms with Crippen LogP contribution in [-0.4, -0.2) is 30.9 Å². The third-order valence-electron chi connectivity index (χ3n) is 3.94. The van der Waals surface area contributed by atoms with Crippen molar-refractivity contribution in [2.75, 3.05) is 13.6 Å². The predicted octanol–water partition coefficient (Wildman–Crippen LogP) is 1.05. The van der Waals surface area contributed by atoms with Gasteiger partial charge in [0.1, 0.15) is 0 Å². The molecule has 1 aliphatic carbocycles. The Morgan fingerprint density at radius 3 is 2.35 bits per heavy atom. The van der Waals surface area contributed by atoms with Crippen molar-refractivity contribution >= 4 is 11.8 Å². The maximum Gasteiger partial charge on any atom is 0.251 e. The molecule has 0 saturated heterocycles. The van der Waals surface area contributed by atoms with E-state index in [2.05, 4.69) is 10.6 Å². The Bertz CT molecular complexity index is 508. The fourth-order valence-corrected chi connectivity index (χ4v) is 2.69. The van der Waals surface area contributed by atoms with Crippen molar-refractivity contribution in [2.24, 2.45) is 5.73 Å². The van der Waals surface area contributed by atoms with Crippen molar-refractivity contribution in [1.29, 1.82) is 0 Å². The maximum atomic E-state index is 12.3. The largest absolute Gasteiger partial charge is 0.355 e. The molecule has 5 nitrogen and oxygen atoms in total. The van der Waals surface area contributed by atoms with Crippen LogP contribution in [0, 0.1) is 0 Å². The van der Waals surface area contributed by atoms with Gasteiger partial charge >= 0.3 is 0 Å². The standard InChI is InChI=1S/C15H21N3O2/c1-17-13(19)11-5-4-6-12(9-11)14(20)18-15(10-16)7-2-3-8-15/h4-6,9H,2-3,7-8,10,16H2,1H3,(H,17,19)(H,18,20). The SMILES string of the molecule is CNC(=O)c1cccc(C(=O)NC2(CN)CCCC2)c1. The van der Waals surface area contributed by atoms with E-state index >= 15 is 0 Å². The van der Waals surface area contributed by atoms with Crippen molar-refractivity contribution < 1.29 is 9.59 Å². The Morgan fingerprint density at radius 2 is 1.80 bits per heavy atom. The van der Waals surface area contributed by atoms with E-state index in [1.165, 1.54) is 0 Å². The van der Waals surface area contributed by atoms with Gasteiger partial charge in [-0.15, -0.1) is 0 Å². The summed E-state index contributed by atoms with van der Waals surface area (Å²) in [7, 11) is 1.57. The van der Waals surface area contributed by atoms with E-state index in [0.29, 0.717) is 17.7 Å². The van der Waals surface area contributed by atoms with E-state index in [1.54, 1.807) is 31.3 Å². The van der Waals surface area contributed by atoms with Gasteiger partial charge in [-0.05, 0) is 31.0 Å². The lowest BCUT2D eigenvalue weighted by molar-refractivity contribution is 0.0903. The Morgan fingerprint density at radius 1 is 1.20 bits per heavy atom. The highest BCUT2D eigenvalue weighted by Crippen LogP contribution is 2.28. The number of hydrogen-bond donors (Lipinski definition) is 3. The molecule has 0 bridgehead atoms. The van der Waals surface area contributed by atoms with Crippen molar-refractivity contribution in [3.8, 4) is 0 Å². The van der Waals surface area contributed by atoms with Gasteiger partial charge in [-0.25, -0.2) is 0 Å². The molecule has 0 heterocycles. The van der Waals surface area contributed by atoms with Crippen molar-refractivity contribution in [1.82, 2.24) is 10.6 Å². The average Bonchev–Trinajstić information content (AvgIpc) is 2.95. The molecule has 5 heteroatoms. The van der Waals surface area contributed by atoms with Gasteiger partial charge in [0.05, 0.1) is 5.54 Å². The minimum absolute atomic E-state index is 0.164. The monoisotopic (exact) mass is 275 g/mol. The number of benzene rings is 1. The van der Waals surface area contributed by atoms with Gasteiger partial charge in [0, 0.05) is 24.7 Å². The van der Waals surface area contributed by atoms with E-state index in [9.17, 15) is 9.59 Å². The van der Waals surface area contributed by atoms with Gasteiger partial charge in [0.15, 0.2) is 0 Å². The Kier molecular flexibility index (Phi) is 4.39. The third-order valence-corrected chi connectivity index (χ3v) is 3.94. The summed E-state index contributed by atoms with van der Waals surface area (Å²) in [6.07, 6.45) is 4.03. The van der Waals surface area contributed by atoms with E-state index in [4.69, 9.17) is 5.73 Å². The van der Waals surface area contributed by atoms with Gasteiger partial charge in [0.2, 0.25) is 0 Å².